The second kappa shape index (κ2) is 6.39. The molecule has 3 aromatic rings. The molecule has 26 heavy (non-hydrogen) atoms. The number of nitrogens with two attached hydrogens (primary N) is 1. The number of aryl methyl sites for hydroxylation is 1. The number of nitrogens with one attached hydrogen (secondary N) is 1. The lowest BCUT2D eigenvalue weighted by Crippen LogP contribution is -2.08. The summed E-state index contributed by atoms with van der Waals surface area (Å²) in [5, 5.41) is 0. The molecule has 2 heterocycles. The number of sulfone groups is 1. The molecule has 0 saturated heterocycles. The van der Waals surface area contributed by atoms with Crippen molar-refractivity contribution in [2.75, 3.05) is 5.73 Å². The van der Waals surface area contributed by atoms with Crippen LogP contribution < -0.4 is 5.73 Å². The van der Waals surface area contributed by atoms with Gasteiger partial charge < -0.3 is 10.7 Å². The van der Waals surface area contributed by atoms with E-state index in [0.717, 1.165) is 24.1 Å². The average Bonchev–Trinajstić information content (AvgIpc) is 2.99. The first-order valence-corrected chi connectivity index (χ1v) is 10.4. The van der Waals surface area contributed by atoms with Gasteiger partial charge >= 0.3 is 0 Å². The molecule has 6 nitrogen and oxygen atoms in total. The number of H-pyrrole nitrogens is 1. The summed E-state index contributed by atoms with van der Waals surface area (Å²) in [7, 11) is -3.76. The summed E-state index contributed by atoms with van der Waals surface area (Å²) < 4.78 is 26.3. The van der Waals surface area contributed by atoms with Gasteiger partial charge in [-0.25, -0.2) is 18.4 Å². The summed E-state index contributed by atoms with van der Waals surface area (Å²) in [5.74, 6) is 0.445. The Hall–Kier alpha value is -2.41. The van der Waals surface area contributed by atoms with Crippen molar-refractivity contribution in [1.82, 2.24) is 15.0 Å². The normalized spacial score (nSPS) is 16.2. The van der Waals surface area contributed by atoms with Crippen LogP contribution in [0.3, 0.4) is 0 Å². The molecule has 0 unspecified atom stereocenters. The van der Waals surface area contributed by atoms with Crippen LogP contribution in [-0.4, -0.2) is 23.4 Å². The molecule has 1 fully saturated rings. The monoisotopic (exact) mass is 370 g/mol. The standard InChI is InChI=1S/C19H22N4O2S/c1-12-7-9-14(10-8-12)26(24,25)18-17-16(23-19(18)20)15(21-11-22-17)13-5-3-2-4-6-13/h7-11,13,23H,2-6,20H2,1H3. The van der Waals surface area contributed by atoms with Crippen LogP contribution in [0, 0.1) is 6.92 Å². The highest BCUT2D eigenvalue weighted by Crippen LogP contribution is 2.38. The minimum Gasteiger partial charge on any atom is -0.384 e. The maximum atomic E-state index is 13.2. The molecule has 1 aliphatic carbocycles. The lowest BCUT2D eigenvalue weighted by atomic mass is 9.86. The van der Waals surface area contributed by atoms with Gasteiger partial charge in [0.25, 0.3) is 0 Å². The van der Waals surface area contributed by atoms with Crippen molar-refractivity contribution in [2.45, 2.75) is 54.7 Å². The molecule has 1 saturated carbocycles. The molecular weight excluding hydrogens is 348 g/mol. The Bertz CT molecular complexity index is 1050. The van der Waals surface area contributed by atoms with E-state index >= 15 is 0 Å². The number of aromatic nitrogens is 3. The SMILES string of the molecule is Cc1ccc(S(=O)(=O)c2c(N)[nH]c3c(C4CCCCC4)ncnc23)cc1. The van der Waals surface area contributed by atoms with Crippen molar-refractivity contribution in [3.05, 3.63) is 41.9 Å². The molecule has 7 heteroatoms. The lowest BCUT2D eigenvalue weighted by molar-refractivity contribution is 0.438. The van der Waals surface area contributed by atoms with Gasteiger partial charge in [0.05, 0.1) is 16.1 Å². The Kier molecular flexibility index (Phi) is 4.19. The second-order valence-corrected chi connectivity index (χ2v) is 8.89. The van der Waals surface area contributed by atoms with E-state index in [1.807, 2.05) is 6.92 Å². The number of nitrogens with zero attached hydrogens (tertiary/aromatic N) is 2. The van der Waals surface area contributed by atoms with Crippen LogP contribution in [0.5, 0.6) is 0 Å². The van der Waals surface area contributed by atoms with Gasteiger partial charge in [0.2, 0.25) is 9.84 Å². The molecule has 0 amide bonds. The van der Waals surface area contributed by atoms with Gasteiger partial charge in [-0.2, -0.15) is 0 Å². The highest BCUT2D eigenvalue weighted by molar-refractivity contribution is 7.92. The van der Waals surface area contributed by atoms with Crippen LogP contribution >= 0.6 is 0 Å². The van der Waals surface area contributed by atoms with Crippen LogP contribution in [0.2, 0.25) is 0 Å². The van der Waals surface area contributed by atoms with Crippen LogP contribution in [0.25, 0.3) is 11.0 Å². The summed E-state index contributed by atoms with van der Waals surface area (Å²) in [5.41, 5.74) is 9.02. The van der Waals surface area contributed by atoms with Gasteiger partial charge in [-0.05, 0) is 31.9 Å². The molecule has 1 aromatic carbocycles. The summed E-state index contributed by atoms with van der Waals surface area (Å²) >= 11 is 0. The minimum atomic E-state index is -3.76. The van der Waals surface area contributed by atoms with Crippen LogP contribution in [0.15, 0.2) is 40.4 Å². The van der Waals surface area contributed by atoms with Gasteiger partial charge in [-0.1, -0.05) is 37.0 Å². The highest BCUT2D eigenvalue weighted by Gasteiger charge is 2.29. The van der Waals surface area contributed by atoms with Crippen molar-refractivity contribution in [1.29, 1.82) is 0 Å². The molecule has 0 spiro atoms. The number of fused-ring (bicyclic) bond motifs is 1. The summed E-state index contributed by atoms with van der Waals surface area (Å²) in [6, 6.07) is 6.76. The molecule has 3 N–H and O–H groups in total. The van der Waals surface area contributed by atoms with Crippen LogP contribution in [0.1, 0.15) is 49.3 Å². The first kappa shape index (κ1) is 17.0. The smallest absolute Gasteiger partial charge is 0.212 e. The van der Waals surface area contributed by atoms with E-state index in [0.29, 0.717) is 17.0 Å². The zero-order chi connectivity index (χ0) is 18.3. The van der Waals surface area contributed by atoms with E-state index in [-0.39, 0.29) is 15.6 Å². The Morgan fingerprint density at radius 2 is 1.77 bits per heavy atom. The zero-order valence-corrected chi connectivity index (χ0v) is 15.5. The van der Waals surface area contributed by atoms with Crippen molar-refractivity contribution < 1.29 is 8.42 Å². The maximum absolute atomic E-state index is 13.2. The molecule has 136 valence electrons. The molecule has 0 bridgehead atoms. The van der Waals surface area contributed by atoms with E-state index in [4.69, 9.17) is 5.73 Å². The number of aromatic amines is 1. The largest absolute Gasteiger partial charge is 0.384 e. The topological polar surface area (TPSA) is 102 Å². The van der Waals surface area contributed by atoms with Gasteiger partial charge in [0, 0.05) is 5.92 Å². The first-order valence-electron chi connectivity index (χ1n) is 8.92. The fourth-order valence-corrected chi connectivity index (χ4v) is 5.29. The van der Waals surface area contributed by atoms with Crippen molar-refractivity contribution in [3.8, 4) is 0 Å². The maximum Gasteiger partial charge on any atom is 0.212 e. The third kappa shape index (κ3) is 2.76. The van der Waals surface area contributed by atoms with Gasteiger partial charge in [0.15, 0.2) is 0 Å². The number of hydrogen-bond donors (Lipinski definition) is 2. The zero-order valence-electron chi connectivity index (χ0n) is 14.7. The highest BCUT2D eigenvalue weighted by atomic mass is 32.2. The number of hydrogen-bond acceptors (Lipinski definition) is 5. The third-order valence-corrected chi connectivity index (χ3v) is 7.03. The van der Waals surface area contributed by atoms with Crippen molar-refractivity contribution in [2.24, 2.45) is 0 Å². The third-order valence-electron chi connectivity index (χ3n) is 5.19. The van der Waals surface area contributed by atoms with Crippen LogP contribution in [0.4, 0.5) is 5.82 Å². The van der Waals surface area contributed by atoms with Gasteiger partial charge in [-0.3, -0.25) is 0 Å². The van der Waals surface area contributed by atoms with E-state index in [1.54, 1.807) is 24.3 Å². The summed E-state index contributed by atoms with van der Waals surface area (Å²) in [4.78, 5) is 12.0. The molecule has 4 rings (SSSR count). The van der Waals surface area contributed by atoms with Crippen molar-refractivity contribution in [3.63, 3.8) is 0 Å². The number of nitrogen functional groups attached to an aromatic ring is 1. The van der Waals surface area contributed by atoms with Crippen molar-refractivity contribution >= 4 is 26.7 Å². The van der Waals surface area contributed by atoms with E-state index in [1.165, 1.54) is 25.6 Å². The predicted octanol–water partition coefficient (Wildman–Crippen LogP) is 3.73. The average molecular weight is 370 g/mol. The fraction of sp³-hybridized carbons (Fsp3) is 0.368. The minimum absolute atomic E-state index is 0.0517. The second-order valence-electron chi connectivity index (χ2n) is 7.00. The Labute approximate surface area is 152 Å². The van der Waals surface area contributed by atoms with E-state index in [9.17, 15) is 8.42 Å². The molecule has 0 atom stereocenters. The summed E-state index contributed by atoms with van der Waals surface area (Å²) in [6.07, 6.45) is 7.15. The number of benzene rings is 1. The molecular formula is C19H22N4O2S. The Balaban J connectivity index is 1.88. The van der Waals surface area contributed by atoms with E-state index < -0.39 is 9.84 Å². The molecule has 0 aliphatic heterocycles. The molecule has 0 radical (unpaired) electrons. The predicted molar refractivity (Wildman–Crippen MR) is 101 cm³/mol. The molecule has 1 aliphatic rings. The van der Waals surface area contributed by atoms with Gasteiger partial charge in [0.1, 0.15) is 22.6 Å². The number of anilines is 1. The number of rotatable bonds is 3. The Morgan fingerprint density at radius 3 is 2.46 bits per heavy atom. The quantitative estimate of drug-likeness (QED) is 0.731. The van der Waals surface area contributed by atoms with Gasteiger partial charge in [-0.15, -0.1) is 0 Å². The first-order chi connectivity index (χ1) is 12.5. The Morgan fingerprint density at radius 1 is 1.08 bits per heavy atom. The lowest BCUT2D eigenvalue weighted by Gasteiger charge is -2.21. The van der Waals surface area contributed by atoms with Crippen LogP contribution in [-0.2, 0) is 9.84 Å². The summed E-state index contributed by atoms with van der Waals surface area (Å²) in [6.45, 7) is 1.92. The fourth-order valence-electron chi connectivity index (χ4n) is 3.81. The van der Waals surface area contributed by atoms with E-state index in [2.05, 4.69) is 15.0 Å². The molecule has 2 aromatic heterocycles.